The van der Waals surface area contributed by atoms with Gasteiger partial charge in [-0.3, -0.25) is 0 Å². The molecule has 0 fully saturated rings. The standard InChI is InChI=1S/C16H12Cl2O2S/c17-14-7-6-13(9-15(14)18)21-10-12-3-1-11(2-4-12)5-8-16(19)20/h1-9H,10H2,(H,19,20). The van der Waals surface area contributed by atoms with Crippen molar-refractivity contribution in [3.63, 3.8) is 0 Å². The first-order chi connectivity index (χ1) is 10.0. The first kappa shape index (κ1) is 16.0. The Kier molecular flexibility index (Phi) is 5.74. The highest BCUT2D eigenvalue weighted by Crippen LogP contribution is 2.29. The Morgan fingerprint density at radius 2 is 1.81 bits per heavy atom. The van der Waals surface area contributed by atoms with Crippen molar-refractivity contribution in [2.75, 3.05) is 0 Å². The molecule has 0 radical (unpaired) electrons. The lowest BCUT2D eigenvalue weighted by atomic mass is 10.1. The van der Waals surface area contributed by atoms with Crippen molar-refractivity contribution in [3.05, 3.63) is 69.7 Å². The lowest BCUT2D eigenvalue weighted by Gasteiger charge is -2.04. The second-order valence-corrected chi connectivity index (χ2v) is 6.14. The molecule has 108 valence electrons. The topological polar surface area (TPSA) is 37.3 Å². The first-order valence-electron chi connectivity index (χ1n) is 6.12. The Hall–Kier alpha value is -1.42. The van der Waals surface area contributed by atoms with Gasteiger partial charge in [-0.25, -0.2) is 4.79 Å². The maximum Gasteiger partial charge on any atom is 0.328 e. The van der Waals surface area contributed by atoms with Gasteiger partial charge in [0, 0.05) is 16.7 Å². The molecule has 0 amide bonds. The summed E-state index contributed by atoms with van der Waals surface area (Å²) in [4.78, 5) is 11.5. The zero-order valence-corrected chi connectivity index (χ0v) is 13.3. The molecule has 0 bridgehead atoms. The van der Waals surface area contributed by atoms with Crippen molar-refractivity contribution in [2.24, 2.45) is 0 Å². The maximum atomic E-state index is 10.4. The Bertz CT molecular complexity index is 666. The van der Waals surface area contributed by atoms with Crippen molar-refractivity contribution in [1.29, 1.82) is 0 Å². The van der Waals surface area contributed by atoms with E-state index in [0.717, 1.165) is 27.9 Å². The molecule has 0 atom stereocenters. The van der Waals surface area contributed by atoms with E-state index in [9.17, 15) is 4.79 Å². The predicted octanol–water partition coefficient (Wildman–Crippen LogP) is 5.38. The van der Waals surface area contributed by atoms with Gasteiger partial charge in [0.25, 0.3) is 0 Å². The van der Waals surface area contributed by atoms with Gasteiger partial charge in [-0.1, -0.05) is 47.5 Å². The predicted molar refractivity (Wildman–Crippen MR) is 89.1 cm³/mol. The van der Waals surface area contributed by atoms with E-state index in [1.54, 1.807) is 23.9 Å². The summed E-state index contributed by atoms with van der Waals surface area (Å²) in [5.41, 5.74) is 2.01. The fourth-order valence-corrected chi connectivity index (χ4v) is 2.88. The van der Waals surface area contributed by atoms with E-state index in [2.05, 4.69) is 0 Å². The number of hydrogen-bond donors (Lipinski definition) is 1. The van der Waals surface area contributed by atoms with Gasteiger partial charge in [0.1, 0.15) is 0 Å². The van der Waals surface area contributed by atoms with E-state index < -0.39 is 5.97 Å². The van der Waals surface area contributed by atoms with Gasteiger partial charge in [-0.05, 0) is 35.4 Å². The summed E-state index contributed by atoms with van der Waals surface area (Å²) in [5, 5.41) is 9.67. The molecule has 1 N–H and O–H groups in total. The zero-order valence-electron chi connectivity index (χ0n) is 10.9. The Morgan fingerprint density at radius 1 is 1.10 bits per heavy atom. The van der Waals surface area contributed by atoms with Crippen LogP contribution in [0.25, 0.3) is 6.08 Å². The largest absolute Gasteiger partial charge is 0.478 e. The molecule has 2 aromatic rings. The molecule has 0 saturated carbocycles. The van der Waals surface area contributed by atoms with Crippen LogP contribution in [-0.4, -0.2) is 11.1 Å². The molecule has 0 aliphatic heterocycles. The minimum absolute atomic E-state index is 0.551. The molecule has 21 heavy (non-hydrogen) atoms. The fraction of sp³-hybridized carbons (Fsp3) is 0.0625. The number of benzene rings is 2. The minimum Gasteiger partial charge on any atom is -0.478 e. The molecule has 2 rings (SSSR count). The molecule has 0 unspecified atom stereocenters. The van der Waals surface area contributed by atoms with Crippen LogP contribution in [0.5, 0.6) is 0 Å². The molecule has 0 aliphatic carbocycles. The maximum absolute atomic E-state index is 10.4. The van der Waals surface area contributed by atoms with Crippen LogP contribution in [-0.2, 0) is 10.5 Å². The molecule has 5 heteroatoms. The van der Waals surface area contributed by atoms with Crippen LogP contribution in [0.3, 0.4) is 0 Å². The van der Waals surface area contributed by atoms with Crippen molar-refractivity contribution in [3.8, 4) is 0 Å². The van der Waals surface area contributed by atoms with E-state index in [0.29, 0.717) is 10.0 Å². The summed E-state index contributed by atoms with van der Waals surface area (Å²) in [5.74, 6) is -0.143. The first-order valence-corrected chi connectivity index (χ1v) is 7.86. The lowest BCUT2D eigenvalue weighted by Crippen LogP contribution is -1.86. The number of carboxylic acids is 1. The second kappa shape index (κ2) is 7.55. The van der Waals surface area contributed by atoms with Gasteiger partial charge < -0.3 is 5.11 Å². The smallest absolute Gasteiger partial charge is 0.328 e. The number of thioether (sulfide) groups is 1. The zero-order chi connectivity index (χ0) is 15.2. The van der Waals surface area contributed by atoms with Crippen LogP contribution >= 0.6 is 35.0 Å². The van der Waals surface area contributed by atoms with Crippen molar-refractivity contribution < 1.29 is 9.90 Å². The van der Waals surface area contributed by atoms with Crippen molar-refractivity contribution >= 4 is 47.0 Å². The summed E-state index contributed by atoms with van der Waals surface area (Å²) < 4.78 is 0. The molecule has 0 saturated heterocycles. The van der Waals surface area contributed by atoms with Gasteiger partial charge in [-0.2, -0.15) is 0 Å². The highest BCUT2D eigenvalue weighted by Gasteiger charge is 2.01. The number of aliphatic carboxylic acids is 1. The number of carbonyl (C=O) groups is 1. The molecule has 0 aromatic heterocycles. The Morgan fingerprint density at radius 3 is 2.43 bits per heavy atom. The third kappa shape index (κ3) is 5.12. The lowest BCUT2D eigenvalue weighted by molar-refractivity contribution is -0.131. The summed E-state index contributed by atoms with van der Waals surface area (Å²) in [6.45, 7) is 0. The average molecular weight is 339 g/mol. The van der Waals surface area contributed by atoms with Crippen LogP contribution < -0.4 is 0 Å². The molecule has 0 aliphatic rings. The van der Waals surface area contributed by atoms with Crippen LogP contribution in [0, 0.1) is 0 Å². The van der Waals surface area contributed by atoms with Gasteiger partial charge >= 0.3 is 5.97 Å². The van der Waals surface area contributed by atoms with Crippen molar-refractivity contribution in [2.45, 2.75) is 10.6 Å². The molecular formula is C16H12Cl2O2S. The highest BCUT2D eigenvalue weighted by atomic mass is 35.5. The molecule has 2 aromatic carbocycles. The van der Waals surface area contributed by atoms with Crippen LogP contribution in [0.15, 0.2) is 53.4 Å². The summed E-state index contributed by atoms with van der Waals surface area (Å²) in [7, 11) is 0. The quantitative estimate of drug-likeness (QED) is 0.587. The normalized spacial score (nSPS) is 11.0. The van der Waals surface area contributed by atoms with Crippen LogP contribution in [0.2, 0.25) is 10.0 Å². The monoisotopic (exact) mass is 338 g/mol. The number of carboxylic acid groups (broad SMARTS) is 1. The van der Waals surface area contributed by atoms with E-state index in [1.165, 1.54) is 0 Å². The van der Waals surface area contributed by atoms with E-state index in [-0.39, 0.29) is 0 Å². The van der Waals surface area contributed by atoms with Gasteiger partial charge in [0.15, 0.2) is 0 Å². The number of rotatable bonds is 5. The van der Waals surface area contributed by atoms with Gasteiger partial charge in [0.2, 0.25) is 0 Å². The number of hydrogen-bond acceptors (Lipinski definition) is 2. The van der Waals surface area contributed by atoms with E-state index in [4.69, 9.17) is 28.3 Å². The van der Waals surface area contributed by atoms with Crippen molar-refractivity contribution in [1.82, 2.24) is 0 Å². The van der Waals surface area contributed by atoms with Crippen LogP contribution in [0.1, 0.15) is 11.1 Å². The minimum atomic E-state index is -0.950. The van der Waals surface area contributed by atoms with Gasteiger partial charge in [-0.15, -0.1) is 11.8 Å². The Balaban J connectivity index is 1.97. The third-order valence-electron chi connectivity index (χ3n) is 2.69. The molecule has 2 nitrogen and oxygen atoms in total. The molecule has 0 spiro atoms. The Labute approximate surface area is 137 Å². The van der Waals surface area contributed by atoms with E-state index >= 15 is 0 Å². The molecular weight excluding hydrogens is 327 g/mol. The SMILES string of the molecule is O=C(O)C=Cc1ccc(CSc2ccc(Cl)c(Cl)c2)cc1. The number of halogens is 2. The average Bonchev–Trinajstić information content (AvgIpc) is 2.47. The molecule has 0 heterocycles. The van der Waals surface area contributed by atoms with Crippen LogP contribution in [0.4, 0.5) is 0 Å². The second-order valence-electron chi connectivity index (χ2n) is 4.28. The summed E-state index contributed by atoms with van der Waals surface area (Å²) in [6, 6.07) is 13.3. The summed E-state index contributed by atoms with van der Waals surface area (Å²) in [6.07, 6.45) is 2.69. The third-order valence-corrected chi connectivity index (χ3v) is 4.50. The summed E-state index contributed by atoms with van der Waals surface area (Å²) >= 11 is 13.5. The fourth-order valence-electron chi connectivity index (χ4n) is 1.63. The van der Waals surface area contributed by atoms with Gasteiger partial charge in [0.05, 0.1) is 10.0 Å². The van der Waals surface area contributed by atoms with E-state index in [1.807, 2.05) is 36.4 Å². The highest BCUT2D eigenvalue weighted by molar-refractivity contribution is 7.98.